The van der Waals surface area contributed by atoms with E-state index in [-0.39, 0.29) is 61.4 Å². The number of unbranched alkanes of at least 4 members (excludes halogenated alkanes) is 1. The number of nitrogens with one attached hydrogen (secondary N) is 1. The maximum atomic E-state index is 15.4. The van der Waals surface area contributed by atoms with Gasteiger partial charge in [-0.3, -0.25) is 19.3 Å². The van der Waals surface area contributed by atoms with E-state index in [1.54, 1.807) is 12.0 Å². The quantitative estimate of drug-likeness (QED) is 0.0890. The second-order valence-corrected chi connectivity index (χ2v) is 22.7. The lowest BCUT2D eigenvalue weighted by Gasteiger charge is -2.37. The first kappa shape index (κ1) is 44.6. The highest BCUT2D eigenvalue weighted by molar-refractivity contribution is 6.91. The number of carbonyl (C=O) groups excluding carboxylic acids is 3. The molecule has 0 saturated carbocycles. The number of fused-ring (bicyclic) bond motifs is 3. The molecular formula is C50H62N4O8Si. The fourth-order valence-corrected chi connectivity index (χ4v) is 14.9. The van der Waals surface area contributed by atoms with Gasteiger partial charge in [-0.2, -0.15) is 0 Å². The Morgan fingerprint density at radius 2 is 1.70 bits per heavy atom. The van der Waals surface area contributed by atoms with Gasteiger partial charge in [-0.05, 0) is 111 Å². The molecule has 4 aromatic rings. The Morgan fingerprint density at radius 3 is 2.41 bits per heavy atom. The van der Waals surface area contributed by atoms with Crippen LogP contribution in [0.25, 0.3) is 0 Å². The maximum Gasteiger partial charge on any atom is 0.264 e. The summed E-state index contributed by atoms with van der Waals surface area (Å²) >= 11 is 0. The van der Waals surface area contributed by atoms with E-state index >= 15 is 4.79 Å². The van der Waals surface area contributed by atoms with Crippen molar-refractivity contribution in [2.75, 3.05) is 49.8 Å². The summed E-state index contributed by atoms with van der Waals surface area (Å²) in [6.07, 6.45) is 3.16. The molecule has 2 saturated heterocycles. The number of nitrogens with zero attached hydrogens (tertiary/aromatic N) is 3. The number of hydrogen-bond donors (Lipinski definition) is 3. The molecule has 12 nitrogen and oxygen atoms in total. The van der Waals surface area contributed by atoms with Crippen LogP contribution in [0.2, 0.25) is 18.6 Å². The monoisotopic (exact) mass is 874 g/mol. The van der Waals surface area contributed by atoms with Gasteiger partial charge in [0.05, 0.1) is 70.9 Å². The number of aliphatic hydroxyl groups is 2. The smallest absolute Gasteiger partial charge is 0.264 e. The van der Waals surface area contributed by atoms with Crippen molar-refractivity contribution < 1.29 is 38.8 Å². The zero-order valence-electron chi connectivity index (χ0n) is 37.2. The van der Waals surface area contributed by atoms with Gasteiger partial charge < -0.3 is 39.5 Å². The Balaban J connectivity index is 1.10. The highest BCUT2D eigenvalue weighted by atomic mass is 28.3. The van der Waals surface area contributed by atoms with E-state index in [1.807, 2.05) is 95.6 Å². The third-order valence-electron chi connectivity index (χ3n) is 14.1. The van der Waals surface area contributed by atoms with Crippen molar-refractivity contribution in [3.63, 3.8) is 0 Å². The SMILES string of the molecule is CCOc1ccc2c(c1)CC(NCCCCO)C(=O)N2c1ccc(CN2C(=O)[C@]3(O[C@H](CC(=O)N4CCC[C@H]4CO)[C@@H]([Si](C)(C)c4ccc(OC)cc4)[C@@H]3C)c3ccccc32)cc1. The number of ether oxygens (including phenoxy) is 3. The molecule has 0 radical (unpaired) electrons. The number of benzene rings is 4. The molecular weight excluding hydrogens is 813 g/mol. The number of hydrogen-bond acceptors (Lipinski definition) is 9. The van der Waals surface area contributed by atoms with Gasteiger partial charge in [-0.15, -0.1) is 0 Å². The molecule has 4 aliphatic rings. The van der Waals surface area contributed by atoms with Crippen molar-refractivity contribution in [3.05, 3.63) is 108 Å². The van der Waals surface area contributed by atoms with Crippen molar-refractivity contribution in [2.24, 2.45) is 5.92 Å². The van der Waals surface area contributed by atoms with Gasteiger partial charge in [0, 0.05) is 30.3 Å². The molecule has 0 aliphatic carbocycles. The summed E-state index contributed by atoms with van der Waals surface area (Å²) in [6.45, 7) is 10.8. The minimum atomic E-state index is -2.48. The predicted molar refractivity (Wildman–Crippen MR) is 247 cm³/mol. The lowest BCUT2D eigenvalue weighted by Crippen LogP contribution is -2.52. The van der Waals surface area contributed by atoms with Gasteiger partial charge in [0.1, 0.15) is 11.5 Å². The second-order valence-electron chi connectivity index (χ2n) is 18.0. The number of amides is 3. The fraction of sp³-hybridized carbons (Fsp3) is 0.460. The van der Waals surface area contributed by atoms with Gasteiger partial charge in [0.2, 0.25) is 11.8 Å². The van der Waals surface area contributed by atoms with Crippen molar-refractivity contribution in [1.29, 1.82) is 0 Å². The summed E-state index contributed by atoms with van der Waals surface area (Å²) in [4.78, 5) is 49.1. The Morgan fingerprint density at radius 1 is 0.952 bits per heavy atom. The Hall–Kier alpha value is -5.05. The summed E-state index contributed by atoms with van der Waals surface area (Å²) in [6, 6.07) is 29.1. The molecule has 1 unspecified atom stereocenters. The largest absolute Gasteiger partial charge is 0.497 e. The Bertz CT molecular complexity index is 2290. The zero-order chi connectivity index (χ0) is 44.5. The van der Waals surface area contributed by atoms with Crippen LogP contribution in [-0.2, 0) is 37.7 Å². The van der Waals surface area contributed by atoms with Crippen molar-refractivity contribution >= 4 is 48.0 Å². The van der Waals surface area contributed by atoms with Gasteiger partial charge in [-0.1, -0.05) is 67.7 Å². The van der Waals surface area contributed by atoms with Gasteiger partial charge in [0.15, 0.2) is 5.60 Å². The molecule has 4 aliphatic heterocycles. The third-order valence-corrected chi connectivity index (χ3v) is 18.4. The van der Waals surface area contributed by atoms with Crippen LogP contribution in [0.15, 0.2) is 91.0 Å². The van der Waals surface area contributed by atoms with Crippen LogP contribution in [0.1, 0.15) is 62.6 Å². The van der Waals surface area contributed by atoms with Crippen LogP contribution >= 0.6 is 0 Å². The third kappa shape index (κ3) is 8.18. The number of likely N-dealkylation sites (tertiary alicyclic amines) is 1. The van der Waals surface area contributed by atoms with Gasteiger partial charge in [-0.25, -0.2) is 0 Å². The summed E-state index contributed by atoms with van der Waals surface area (Å²) in [7, 11) is -0.829. The highest BCUT2D eigenvalue weighted by Crippen LogP contribution is 2.60. The number of aliphatic hydroxyl groups excluding tert-OH is 2. The van der Waals surface area contributed by atoms with E-state index in [2.05, 4.69) is 37.5 Å². The molecule has 334 valence electrons. The first-order chi connectivity index (χ1) is 30.5. The van der Waals surface area contributed by atoms with E-state index in [0.29, 0.717) is 32.5 Å². The van der Waals surface area contributed by atoms with Gasteiger partial charge >= 0.3 is 0 Å². The van der Waals surface area contributed by atoms with E-state index in [9.17, 15) is 19.8 Å². The summed E-state index contributed by atoms with van der Waals surface area (Å²) in [5, 5.41) is 24.1. The Labute approximate surface area is 372 Å². The number of carbonyl (C=O) groups is 3. The van der Waals surface area contributed by atoms with Crippen LogP contribution in [-0.4, -0.2) is 99.1 Å². The molecule has 2 fully saturated rings. The number of methoxy groups -OCH3 is 1. The number of para-hydroxylation sites is 1. The normalized spacial score (nSPS) is 24.3. The lowest BCUT2D eigenvalue weighted by atomic mass is 9.82. The molecule has 63 heavy (non-hydrogen) atoms. The maximum absolute atomic E-state index is 15.4. The molecule has 4 aromatic carbocycles. The minimum absolute atomic E-state index is 0.0469. The van der Waals surface area contributed by atoms with Crippen LogP contribution in [0.5, 0.6) is 11.5 Å². The van der Waals surface area contributed by atoms with Gasteiger partial charge in [0.25, 0.3) is 5.91 Å². The van der Waals surface area contributed by atoms with E-state index < -0.39 is 25.8 Å². The number of rotatable bonds is 16. The summed E-state index contributed by atoms with van der Waals surface area (Å²) in [5.74, 6) is 1.01. The fourth-order valence-electron chi connectivity index (χ4n) is 10.9. The van der Waals surface area contributed by atoms with E-state index in [0.717, 1.165) is 64.5 Å². The molecule has 13 heteroatoms. The van der Waals surface area contributed by atoms with Crippen molar-refractivity contribution in [1.82, 2.24) is 10.2 Å². The first-order valence-electron chi connectivity index (χ1n) is 22.6. The predicted octanol–water partition coefficient (Wildman–Crippen LogP) is 6.18. The van der Waals surface area contributed by atoms with Crippen LogP contribution in [0.4, 0.5) is 17.1 Å². The molecule has 3 amide bonds. The van der Waals surface area contributed by atoms with Crippen LogP contribution in [0.3, 0.4) is 0 Å². The van der Waals surface area contributed by atoms with E-state index in [4.69, 9.17) is 14.2 Å². The van der Waals surface area contributed by atoms with Crippen LogP contribution < -0.4 is 29.8 Å². The summed E-state index contributed by atoms with van der Waals surface area (Å²) in [5.41, 5.74) is 3.60. The molecule has 3 N–H and O–H groups in total. The Kier molecular flexibility index (Phi) is 13.1. The van der Waals surface area contributed by atoms with Crippen molar-refractivity contribution in [2.45, 2.75) is 101 Å². The second kappa shape index (κ2) is 18.6. The summed E-state index contributed by atoms with van der Waals surface area (Å²) < 4.78 is 18.6. The standard InChI is InChI=1S/C50H62N4O8Si/c1-6-61-39-21-24-43-35(28-39)29-42(51-25-9-10-27-55)48(58)54(43)36-17-15-34(16-18-36)31-53-44-14-8-7-13-41(44)50(49(53)59)33(2)47(63(4,5)40-22-19-38(60-3)20-23-40)45(62-50)30-46(57)52-26-11-12-37(52)32-56/h7-8,13-24,28,33,37,42,45,47,51,55-56H,6,9-12,25-27,29-32H2,1-5H3/t33-,37-,42?,45+,47-,50+/m0/s1. The highest BCUT2D eigenvalue weighted by Gasteiger charge is 2.66. The molecule has 1 spiro atoms. The van der Waals surface area contributed by atoms with Crippen molar-refractivity contribution in [3.8, 4) is 11.5 Å². The van der Waals surface area contributed by atoms with E-state index in [1.165, 1.54) is 5.19 Å². The topological polar surface area (TPSA) is 141 Å². The molecule has 0 bridgehead atoms. The minimum Gasteiger partial charge on any atom is -0.497 e. The lowest BCUT2D eigenvalue weighted by molar-refractivity contribution is -0.150. The molecule has 4 heterocycles. The number of anilines is 3. The average molecular weight is 875 g/mol. The van der Waals surface area contributed by atoms with Crippen LogP contribution in [0, 0.1) is 5.92 Å². The first-order valence-corrected chi connectivity index (χ1v) is 25.7. The molecule has 8 rings (SSSR count). The average Bonchev–Trinajstić information content (AvgIpc) is 3.96. The zero-order valence-corrected chi connectivity index (χ0v) is 38.2. The molecule has 6 atom stereocenters. The molecule has 0 aromatic heterocycles.